The Hall–Kier alpha value is -1.22. The van der Waals surface area contributed by atoms with Crippen molar-refractivity contribution in [1.29, 1.82) is 0 Å². The van der Waals surface area contributed by atoms with Crippen molar-refractivity contribution >= 4 is 17.5 Å². The zero-order chi connectivity index (χ0) is 12.9. The van der Waals surface area contributed by atoms with Crippen LogP contribution in [-0.2, 0) is 4.79 Å². The molecule has 1 aromatic rings. The van der Waals surface area contributed by atoms with Gasteiger partial charge in [-0.05, 0) is 32.9 Å². The number of carbonyl (C=O) groups is 1. The van der Waals surface area contributed by atoms with E-state index in [9.17, 15) is 4.79 Å². The lowest BCUT2D eigenvalue weighted by Gasteiger charge is -2.25. The number of carbonyl (C=O) groups excluding carboxylic acids is 1. The lowest BCUT2D eigenvalue weighted by atomic mass is 10.1. The van der Waals surface area contributed by atoms with Crippen molar-refractivity contribution in [2.45, 2.75) is 26.3 Å². The van der Waals surface area contributed by atoms with E-state index < -0.39 is 5.54 Å². The molecule has 0 bridgehead atoms. The topological polar surface area (TPSA) is 38.3 Å². The molecular weight excluding hydrogens is 238 g/mol. The predicted octanol–water partition coefficient (Wildman–Crippen LogP) is 2.51. The van der Waals surface area contributed by atoms with Gasteiger partial charge in [0, 0.05) is 0 Å². The van der Waals surface area contributed by atoms with Crippen LogP contribution >= 0.6 is 11.6 Å². The van der Waals surface area contributed by atoms with E-state index in [1.54, 1.807) is 0 Å². The summed E-state index contributed by atoms with van der Waals surface area (Å²) < 4.78 is 5.61. The molecule has 0 saturated carbocycles. The SMILES string of the molecule is Cc1ccc(OCC(C)(C)NC(=O)CCl)cc1. The summed E-state index contributed by atoms with van der Waals surface area (Å²) >= 11 is 5.44. The molecule has 1 N–H and O–H groups in total. The predicted molar refractivity (Wildman–Crippen MR) is 69.6 cm³/mol. The van der Waals surface area contributed by atoms with Gasteiger partial charge in [0.15, 0.2) is 0 Å². The summed E-state index contributed by atoms with van der Waals surface area (Å²) in [6.45, 7) is 6.21. The first-order chi connectivity index (χ1) is 7.93. The number of halogens is 1. The first kappa shape index (κ1) is 13.8. The van der Waals surface area contributed by atoms with Crippen LogP contribution in [0.5, 0.6) is 5.75 Å². The fourth-order valence-electron chi connectivity index (χ4n) is 1.35. The Balaban J connectivity index is 2.49. The largest absolute Gasteiger partial charge is 0.491 e. The van der Waals surface area contributed by atoms with Crippen LogP contribution in [0.15, 0.2) is 24.3 Å². The Morgan fingerprint density at radius 2 is 1.94 bits per heavy atom. The zero-order valence-electron chi connectivity index (χ0n) is 10.4. The maximum Gasteiger partial charge on any atom is 0.235 e. The molecule has 0 heterocycles. The van der Waals surface area contributed by atoms with Crippen LogP contribution < -0.4 is 10.1 Å². The highest BCUT2D eigenvalue weighted by atomic mass is 35.5. The molecule has 0 unspecified atom stereocenters. The first-order valence-electron chi connectivity index (χ1n) is 5.49. The van der Waals surface area contributed by atoms with E-state index in [2.05, 4.69) is 5.32 Å². The van der Waals surface area contributed by atoms with Crippen LogP contribution in [0.4, 0.5) is 0 Å². The van der Waals surface area contributed by atoms with Crippen molar-refractivity contribution in [3.63, 3.8) is 0 Å². The first-order valence-corrected chi connectivity index (χ1v) is 6.03. The maximum absolute atomic E-state index is 11.2. The molecule has 1 rings (SSSR count). The summed E-state index contributed by atoms with van der Waals surface area (Å²) in [4.78, 5) is 11.2. The molecule has 0 spiro atoms. The van der Waals surface area contributed by atoms with Gasteiger partial charge in [-0.3, -0.25) is 4.79 Å². The fourth-order valence-corrected chi connectivity index (χ4v) is 1.41. The van der Waals surface area contributed by atoms with E-state index in [1.807, 2.05) is 45.0 Å². The molecule has 0 radical (unpaired) electrons. The smallest absolute Gasteiger partial charge is 0.235 e. The summed E-state index contributed by atoms with van der Waals surface area (Å²) in [7, 11) is 0. The van der Waals surface area contributed by atoms with Gasteiger partial charge < -0.3 is 10.1 Å². The van der Waals surface area contributed by atoms with E-state index >= 15 is 0 Å². The Bertz CT molecular complexity index is 374. The lowest BCUT2D eigenvalue weighted by Crippen LogP contribution is -2.48. The number of hydrogen-bond acceptors (Lipinski definition) is 2. The summed E-state index contributed by atoms with van der Waals surface area (Å²) in [5.41, 5.74) is 0.753. The second kappa shape index (κ2) is 5.92. The van der Waals surface area contributed by atoms with Gasteiger partial charge >= 0.3 is 0 Å². The summed E-state index contributed by atoms with van der Waals surface area (Å²) in [6, 6.07) is 7.79. The molecule has 0 aliphatic rings. The van der Waals surface area contributed by atoms with E-state index in [-0.39, 0.29) is 11.8 Å². The van der Waals surface area contributed by atoms with Crippen LogP contribution in [0.1, 0.15) is 19.4 Å². The molecule has 17 heavy (non-hydrogen) atoms. The van der Waals surface area contributed by atoms with E-state index in [4.69, 9.17) is 16.3 Å². The van der Waals surface area contributed by atoms with E-state index in [0.29, 0.717) is 6.61 Å². The molecule has 0 saturated heterocycles. The summed E-state index contributed by atoms with van der Waals surface area (Å²) in [5, 5.41) is 2.79. The normalized spacial score (nSPS) is 11.1. The molecule has 0 aliphatic carbocycles. The minimum Gasteiger partial charge on any atom is -0.491 e. The molecule has 1 amide bonds. The number of nitrogens with one attached hydrogen (secondary N) is 1. The van der Waals surface area contributed by atoms with Crippen LogP contribution in [0.3, 0.4) is 0 Å². The molecular formula is C13H18ClNO2. The minimum atomic E-state index is -0.434. The van der Waals surface area contributed by atoms with E-state index in [1.165, 1.54) is 5.56 Å². The number of amides is 1. The van der Waals surface area contributed by atoms with Crippen LogP contribution in [-0.4, -0.2) is 23.9 Å². The van der Waals surface area contributed by atoms with Gasteiger partial charge in [-0.15, -0.1) is 11.6 Å². The monoisotopic (exact) mass is 255 g/mol. The van der Waals surface area contributed by atoms with Gasteiger partial charge in [0.2, 0.25) is 5.91 Å². The minimum absolute atomic E-state index is 0.0338. The maximum atomic E-state index is 11.2. The van der Waals surface area contributed by atoms with Crippen LogP contribution in [0.2, 0.25) is 0 Å². The number of benzene rings is 1. The average molecular weight is 256 g/mol. The zero-order valence-corrected chi connectivity index (χ0v) is 11.2. The quantitative estimate of drug-likeness (QED) is 0.821. The highest BCUT2D eigenvalue weighted by Gasteiger charge is 2.20. The van der Waals surface area contributed by atoms with Crippen molar-refractivity contribution in [1.82, 2.24) is 5.32 Å². The summed E-state index contributed by atoms with van der Waals surface area (Å²) in [6.07, 6.45) is 0. The summed E-state index contributed by atoms with van der Waals surface area (Å²) in [5.74, 6) is 0.571. The second-order valence-electron chi connectivity index (χ2n) is 4.67. The molecule has 4 heteroatoms. The number of rotatable bonds is 5. The van der Waals surface area contributed by atoms with Gasteiger partial charge in [0.05, 0.1) is 5.54 Å². The van der Waals surface area contributed by atoms with Crippen molar-refractivity contribution in [3.8, 4) is 5.75 Å². The highest BCUT2D eigenvalue weighted by molar-refractivity contribution is 6.27. The van der Waals surface area contributed by atoms with Gasteiger partial charge in [-0.1, -0.05) is 17.7 Å². The highest BCUT2D eigenvalue weighted by Crippen LogP contribution is 2.13. The Morgan fingerprint density at radius 3 is 2.47 bits per heavy atom. The van der Waals surface area contributed by atoms with E-state index in [0.717, 1.165) is 5.75 Å². The van der Waals surface area contributed by atoms with Crippen molar-refractivity contribution in [2.75, 3.05) is 12.5 Å². The average Bonchev–Trinajstić information content (AvgIpc) is 2.28. The number of ether oxygens (including phenoxy) is 1. The van der Waals surface area contributed by atoms with Crippen molar-refractivity contribution < 1.29 is 9.53 Å². The lowest BCUT2D eigenvalue weighted by molar-refractivity contribution is -0.120. The molecule has 3 nitrogen and oxygen atoms in total. The number of alkyl halides is 1. The fraction of sp³-hybridized carbons (Fsp3) is 0.462. The molecule has 0 atom stereocenters. The number of hydrogen-bond donors (Lipinski definition) is 1. The molecule has 0 aliphatic heterocycles. The third-order valence-corrected chi connectivity index (χ3v) is 2.46. The molecule has 1 aromatic carbocycles. The van der Waals surface area contributed by atoms with Gasteiger partial charge in [0.1, 0.15) is 18.2 Å². The second-order valence-corrected chi connectivity index (χ2v) is 4.93. The number of aryl methyl sites for hydroxylation is 1. The Kier molecular flexibility index (Phi) is 4.82. The van der Waals surface area contributed by atoms with Crippen molar-refractivity contribution in [3.05, 3.63) is 29.8 Å². The van der Waals surface area contributed by atoms with Crippen LogP contribution in [0.25, 0.3) is 0 Å². The molecule has 0 aromatic heterocycles. The van der Waals surface area contributed by atoms with Crippen LogP contribution in [0, 0.1) is 6.92 Å². The molecule has 94 valence electrons. The van der Waals surface area contributed by atoms with Gasteiger partial charge in [-0.2, -0.15) is 0 Å². The third kappa shape index (κ3) is 5.09. The molecule has 0 fully saturated rings. The third-order valence-electron chi connectivity index (χ3n) is 2.22. The Labute approximate surface area is 107 Å². The van der Waals surface area contributed by atoms with Gasteiger partial charge in [-0.25, -0.2) is 0 Å². The Morgan fingerprint density at radius 1 is 1.35 bits per heavy atom. The van der Waals surface area contributed by atoms with Gasteiger partial charge in [0.25, 0.3) is 0 Å². The van der Waals surface area contributed by atoms with Crippen molar-refractivity contribution in [2.24, 2.45) is 0 Å². The standard InChI is InChI=1S/C13H18ClNO2/c1-10-4-6-11(7-5-10)17-9-13(2,3)15-12(16)8-14/h4-7H,8-9H2,1-3H3,(H,15,16).